The summed E-state index contributed by atoms with van der Waals surface area (Å²) in [5.41, 5.74) is 14.0. The summed E-state index contributed by atoms with van der Waals surface area (Å²) in [6, 6.07) is 7.94. The second-order valence-electron chi connectivity index (χ2n) is 6.44. The van der Waals surface area contributed by atoms with Crippen molar-refractivity contribution in [2.45, 2.75) is 13.0 Å². The van der Waals surface area contributed by atoms with Crippen LogP contribution in [-0.2, 0) is 24.8 Å². The Morgan fingerprint density at radius 2 is 2.07 bits per heavy atom. The monoisotopic (exact) mass is 415 g/mol. The van der Waals surface area contributed by atoms with E-state index in [4.69, 9.17) is 20.9 Å². The first-order valence-corrected chi connectivity index (χ1v) is 9.04. The van der Waals surface area contributed by atoms with Crippen LogP contribution in [0.3, 0.4) is 0 Å². The van der Waals surface area contributed by atoms with Gasteiger partial charge in [-0.3, -0.25) is 4.68 Å². The maximum absolute atomic E-state index is 13.9. The fraction of sp³-hybridized carbons (Fsp3) is 0.250. The fourth-order valence-corrected chi connectivity index (χ4v) is 2.92. The lowest BCUT2D eigenvalue weighted by Crippen LogP contribution is -2.17. The number of aryl methyl sites for hydroxylation is 1. The first-order chi connectivity index (χ1) is 14.4. The lowest BCUT2D eigenvalue weighted by Gasteiger charge is -2.13. The average Bonchev–Trinajstić information content (AvgIpc) is 3.13. The van der Waals surface area contributed by atoms with Gasteiger partial charge in [-0.25, -0.2) is 14.2 Å². The van der Waals surface area contributed by atoms with Gasteiger partial charge in [-0.15, -0.1) is 0 Å². The van der Waals surface area contributed by atoms with Crippen molar-refractivity contribution in [2.75, 3.05) is 19.5 Å². The standard InChI is InChI=1S/C20H22FN5O4/c1-26-7-5-16(25-26)13-9-12(10-15(22)19(13)28-2)6-8-29-11-17-14(21)3-4-18(24-17)30-20(23)27/h3-5,7,9-10H,6,8,11,22H2,1-2H3,(H2,23,27). The molecule has 4 N–H and O–H groups in total. The predicted octanol–water partition coefficient (Wildman–Crippen LogP) is 2.43. The second kappa shape index (κ2) is 9.23. The van der Waals surface area contributed by atoms with Crippen molar-refractivity contribution in [1.29, 1.82) is 0 Å². The second-order valence-corrected chi connectivity index (χ2v) is 6.44. The number of carbonyl (C=O) groups is 1. The Balaban J connectivity index is 1.67. The molecule has 0 bridgehead atoms. The number of anilines is 1. The van der Waals surface area contributed by atoms with E-state index in [1.807, 2.05) is 25.4 Å². The zero-order chi connectivity index (χ0) is 21.7. The quantitative estimate of drug-likeness (QED) is 0.427. The van der Waals surface area contributed by atoms with Crippen LogP contribution in [0.1, 0.15) is 11.3 Å². The molecule has 0 aliphatic carbocycles. The fourth-order valence-electron chi connectivity index (χ4n) is 2.92. The number of nitrogens with two attached hydrogens (primary N) is 2. The number of ether oxygens (including phenoxy) is 3. The number of primary amides is 1. The van der Waals surface area contributed by atoms with Crippen molar-refractivity contribution < 1.29 is 23.4 Å². The van der Waals surface area contributed by atoms with Gasteiger partial charge in [-0.1, -0.05) is 0 Å². The lowest BCUT2D eigenvalue weighted by atomic mass is 10.0. The molecular weight excluding hydrogens is 393 g/mol. The van der Waals surface area contributed by atoms with Gasteiger partial charge in [0.15, 0.2) is 5.75 Å². The molecule has 0 saturated heterocycles. The van der Waals surface area contributed by atoms with Crippen LogP contribution in [0.2, 0.25) is 0 Å². The largest absolute Gasteiger partial charge is 0.494 e. The molecule has 2 aromatic heterocycles. The molecule has 3 aromatic rings. The van der Waals surface area contributed by atoms with E-state index in [0.717, 1.165) is 22.9 Å². The van der Waals surface area contributed by atoms with E-state index >= 15 is 0 Å². The van der Waals surface area contributed by atoms with Gasteiger partial charge in [-0.05, 0) is 36.2 Å². The molecule has 0 fully saturated rings. The number of benzene rings is 1. The van der Waals surface area contributed by atoms with E-state index < -0.39 is 11.9 Å². The minimum Gasteiger partial charge on any atom is -0.494 e. The van der Waals surface area contributed by atoms with Crippen LogP contribution < -0.4 is 20.9 Å². The highest BCUT2D eigenvalue weighted by atomic mass is 19.1. The van der Waals surface area contributed by atoms with Gasteiger partial charge in [0.1, 0.15) is 11.5 Å². The smallest absolute Gasteiger partial charge is 0.411 e. The summed E-state index contributed by atoms with van der Waals surface area (Å²) >= 11 is 0. The van der Waals surface area contributed by atoms with Crippen LogP contribution in [0.4, 0.5) is 14.9 Å². The Bertz CT molecular complexity index is 1050. The maximum Gasteiger partial charge on any atom is 0.411 e. The SMILES string of the molecule is COc1c(N)cc(CCOCc2nc(OC(N)=O)ccc2F)cc1-c1ccn(C)n1. The normalized spacial score (nSPS) is 10.8. The summed E-state index contributed by atoms with van der Waals surface area (Å²) in [5, 5.41) is 4.40. The molecule has 30 heavy (non-hydrogen) atoms. The molecule has 0 aliphatic rings. The molecule has 0 atom stereocenters. The van der Waals surface area contributed by atoms with Crippen molar-refractivity contribution in [3.8, 4) is 22.9 Å². The van der Waals surface area contributed by atoms with Gasteiger partial charge in [0.05, 0.1) is 31.7 Å². The Kier molecular flexibility index (Phi) is 6.48. The third kappa shape index (κ3) is 5.03. The summed E-state index contributed by atoms with van der Waals surface area (Å²) in [7, 11) is 3.38. The number of halogens is 1. The summed E-state index contributed by atoms with van der Waals surface area (Å²) in [6.07, 6.45) is 1.33. The molecule has 158 valence electrons. The Labute approximate surface area is 172 Å². The number of nitrogens with zero attached hydrogens (tertiary/aromatic N) is 3. The molecule has 9 nitrogen and oxygen atoms in total. The molecule has 2 heterocycles. The number of carbonyl (C=O) groups excluding carboxylic acids is 1. The van der Waals surface area contributed by atoms with Gasteiger partial charge >= 0.3 is 6.09 Å². The van der Waals surface area contributed by atoms with Crippen LogP contribution >= 0.6 is 0 Å². The number of aromatic nitrogens is 3. The molecule has 0 aliphatic heterocycles. The number of hydrogen-bond donors (Lipinski definition) is 2. The van der Waals surface area contributed by atoms with Gasteiger partial charge in [0.2, 0.25) is 5.88 Å². The molecule has 10 heteroatoms. The van der Waals surface area contributed by atoms with Crippen molar-refractivity contribution in [3.05, 3.63) is 53.6 Å². The minimum atomic E-state index is -1.03. The molecule has 1 aromatic carbocycles. The van der Waals surface area contributed by atoms with E-state index in [1.54, 1.807) is 17.9 Å². The van der Waals surface area contributed by atoms with Crippen molar-refractivity contribution in [1.82, 2.24) is 14.8 Å². The van der Waals surface area contributed by atoms with E-state index in [0.29, 0.717) is 17.9 Å². The van der Waals surface area contributed by atoms with E-state index in [9.17, 15) is 9.18 Å². The van der Waals surface area contributed by atoms with Crippen LogP contribution in [0, 0.1) is 5.82 Å². The zero-order valence-electron chi connectivity index (χ0n) is 16.6. The van der Waals surface area contributed by atoms with Gasteiger partial charge < -0.3 is 25.7 Å². The first kappa shape index (κ1) is 21.1. The van der Waals surface area contributed by atoms with Crippen LogP contribution in [0.15, 0.2) is 36.5 Å². The van der Waals surface area contributed by atoms with E-state index in [-0.39, 0.29) is 24.8 Å². The highest BCUT2D eigenvalue weighted by Crippen LogP contribution is 2.35. The van der Waals surface area contributed by atoms with Crippen LogP contribution in [0.25, 0.3) is 11.3 Å². The van der Waals surface area contributed by atoms with Crippen molar-refractivity contribution >= 4 is 11.8 Å². The number of pyridine rings is 1. The molecule has 1 amide bonds. The zero-order valence-corrected chi connectivity index (χ0v) is 16.6. The number of amides is 1. The van der Waals surface area contributed by atoms with E-state index in [2.05, 4.69) is 14.8 Å². The van der Waals surface area contributed by atoms with E-state index in [1.165, 1.54) is 6.07 Å². The predicted molar refractivity (Wildman–Crippen MR) is 107 cm³/mol. The summed E-state index contributed by atoms with van der Waals surface area (Å²) < 4.78 is 31.2. The van der Waals surface area contributed by atoms with Gasteiger partial charge in [-0.2, -0.15) is 5.10 Å². The maximum atomic E-state index is 13.9. The topological polar surface area (TPSA) is 128 Å². The molecule has 0 spiro atoms. The number of hydrogen-bond acceptors (Lipinski definition) is 7. The summed E-state index contributed by atoms with van der Waals surface area (Å²) in [4.78, 5) is 14.7. The highest BCUT2D eigenvalue weighted by molar-refractivity contribution is 5.76. The summed E-state index contributed by atoms with van der Waals surface area (Å²) in [5.74, 6) is -0.112. The third-order valence-electron chi connectivity index (χ3n) is 4.24. The van der Waals surface area contributed by atoms with Gasteiger partial charge in [0.25, 0.3) is 0 Å². The molecular formula is C20H22FN5O4. The molecule has 0 radical (unpaired) electrons. The first-order valence-electron chi connectivity index (χ1n) is 9.04. The van der Waals surface area contributed by atoms with Gasteiger partial charge in [0, 0.05) is 24.9 Å². The Morgan fingerprint density at radius 1 is 1.27 bits per heavy atom. The van der Waals surface area contributed by atoms with Crippen molar-refractivity contribution in [3.63, 3.8) is 0 Å². The molecule has 0 saturated carbocycles. The molecule has 0 unspecified atom stereocenters. The Hall–Kier alpha value is -3.66. The lowest BCUT2D eigenvalue weighted by molar-refractivity contribution is 0.118. The number of nitrogen functional groups attached to an aromatic ring is 1. The average molecular weight is 415 g/mol. The van der Waals surface area contributed by atoms with Crippen LogP contribution in [0.5, 0.6) is 11.6 Å². The minimum absolute atomic E-state index is 0.0113. The Morgan fingerprint density at radius 3 is 2.73 bits per heavy atom. The number of rotatable bonds is 8. The van der Waals surface area contributed by atoms with Crippen LogP contribution in [-0.4, -0.2) is 34.6 Å². The summed E-state index contributed by atoms with van der Waals surface area (Å²) in [6.45, 7) is 0.190. The molecule has 3 rings (SSSR count). The van der Waals surface area contributed by atoms with Crippen molar-refractivity contribution in [2.24, 2.45) is 12.8 Å². The number of methoxy groups -OCH3 is 1. The highest BCUT2D eigenvalue weighted by Gasteiger charge is 2.14. The third-order valence-corrected chi connectivity index (χ3v) is 4.24.